The summed E-state index contributed by atoms with van der Waals surface area (Å²) in [5, 5.41) is -0.252. The normalized spacial score (nSPS) is 10.9. The molecule has 1 aromatic rings. The third kappa shape index (κ3) is 2.14. The zero-order valence-electron chi connectivity index (χ0n) is 6.20. The summed E-state index contributed by atoms with van der Waals surface area (Å²) in [4.78, 5) is 3.27. The summed E-state index contributed by atoms with van der Waals surface area (Å²) in [7, 11) is 0. The number of rotatable bonds is 2. The summed E-state index contributed by atoms with van der Waals surface area (Å²) in [5.74, 6) is -0.791. The lowest BCUT2D eigenvalue weighted by Crippen LogP contribution is -1.99. The average Bonchev–Trinajstić information content (AvgIpc) is 2.09. The minimum absolute atomic E-state index is 0.00309. The zero-order valence-corrected chi connectivity index (χ0v) is 8.54. The first-order valence-electron chi connectivity index (χ1n) is 3.24. The highest BCUT2D eigenvalue weighted by atomic mass is 79.9. The second kappa shape index (κ2) is 4.28. The Morgan fingerprint density at radius 2 is 2.15 bits per heavy atom. The largest absolute Gasteiger partial charge is 0.280 e. The molecular weight excluding hydrogens is 270 g/mol. The van der Waals surface area contributed by atoms with Crippen molar-refractivity contribution >= 4 is 27.5 Å². The molecule has 0 saturated carbocycles. The Balaban J connectivity index is 3.30. The minimum atomic E-state index is -2.74. The van der Waals surface area contributed by atoms with Crippen LogP contribution in [0.15, 0.2) is 6.20 Å². The molecule has 0 bridgehead atoms. The van der Waals surface area contributed by atoms with E-state index in [-0.39, 0.29) is 15.9 Å². The molecule has 0 unspecified atom stereocenters. The van der Waals surface area contributed by atoms with Crippen LogP contribution < -0.4 is 0 Å². The monoisotopic (exact) mass is 273 g/mol. The SMILES string of the molecule is Fc1cnc(C(F)F)c(CBr)c1Cl. The van der Waals surface area contributed by atoms with Gasteiger partial charge in [0.2, 0.25) is 0 Å². The summed E-state index contributed by atoms with van der Waals surface area (Å²) < 4.78 is 37.3. The summed E-state index contributed by atoms with van der Waals surface area (Å²) in [6, 6.07) is 0. The first-order valence-corrected chi connectivity index (χ1v) is 4.74. The number of hydrogen-bond acceptors (Lipinski definition) is 1. The molecular formula is C7H4BrClF3N. The summed E-state index contributed by atoms with van der Waals surface area (Å²) in [6.07, 6.45) is -2.05. The van der Waals surface area contributed by atoms with Gasteiger partial charge in [-0.05, 0) is 0 Å². The highest BCUT2D eigenvalue weighted by Gasteiger charge is 2.18. The molecule has 1 heterocycles. The molecule has 1 rings (SSSR count). The molecule has 0 aliphatic carbocycles. The predicted octanol–water partition coefficient (Wildman–Crippen LogP) is 3.71. The number of aromatic nitrogens is 1. The van der Waals surface area contributed by atoms with Gasteiger partial charge in [0, 0.05) is 10.9 Å². The zero-order chi connectivity index (χ0) is 10.0. The van der Waals surface area contributed by atoms with E-state index >= 15 is 0 Å². The third-order valence-corrected chi connectivity index (χ3v) is 2.41. The van der Waals surface area contributed by atoms with E-state index in [9.17, 15) is 13.2 Å². The molecule has 0 N–H and O–H groups in total. The lowest BCUT2D eigenvalue weighted by atomic mass is 10.2. The molecule has 1 nitrogen and oxygen atoms in total. The van der Waals surface area contributed by atoms with Crippen LogP contribution >= 0.6 is 27.5 Å². The second-order valence-electron chi connectivity index (χ2n) is 2.22. The Morgan fingerprint density at radius 1 is 1.54 bits per heavy atom. The number of alkyl halides is 3. The molecule has 0 spiro atoms. The van der Waals surface area contributed by atoms with Crippen molar-refractivity contribution in [1.82, 2.24) is 4.98 Å². The summed E-state index contributed by atoms with van der Waals surface area (Å²) in [5.41, 5.74) is -0.486. The average molecular weight is 274 g/mol. The van der Waals surface area contributed by atoms with Gasteiger partial charge in [0.1, 0.15) is 5.69 Å². The molecule has 1 aromatic heterocycles. The smallest absolute Gasteiger partial charge is 0.252 e. The lowest BCUT2D eigenvalue weighted by Gasteiger charge is -2.07. The first kappa shape index (κ1) is 10.8. The Kier molecular flexibility index (Phi) is 3.55. The quantitative estimate of drug-likeness (QED) is 0.749. The van der Waals surface area contributed by atoms with Crippen LogP contribution in [0.5, 0.6) is 0 Å². The van der Waals surface area contributed by atoms with Crippen LogP contribution in [0.3, 0.4) is 0 Å². The molecule has 6 heteroatoms. The molecule has 0 atom stereocenters. The third-order valence-electron chi connectivity index (χ3n) is 1.44. The predicted molar refractivity (Wildman–Crippen MR) is 46.8 cm³/mol. The van der Waals surface area contributed by atoms with E-state index in [1.807, 2.05) is 0 Å². The van der Waals surface area contributed by atoms with Gasteiger partial charge in [-0.2, -0.15) is 0 Å². The van der Waals surface area contributed by atoms with E-state index in [1.165, 1.54) is 0 Å². The van der Waals surface area contributed by atoms with Crippen LogP contribution in [-0.2, 0) is 5.33 Å². The van der Waals surface area contributed by atoms with Gasteiger partial charge in [-0.3, -0.25) is 4.98 Å². The first-order chi connectivity index (χ1) is 6.07. The molecule has 0 aliphatic heterocycles. The van der Waals surface area contributed by atoms with Crippen LogP contribution in [0.25, 0.3) is 0 Å². The van der Waals surface area contributed by atoms with Gasteiger partial charge >= 0.3 is 0 Å². The van der Waals surface area contributed by atoms with Crippen molar-refractivity contribution in [2.75, 3.05) is 0 Å². The van der Waals surface area contributed by atoms with Gasteiger partial charge in [-0.15, -0.1) is 0 Å². The van der Waals surface area contributed by atoms with Gasteiger partial charge in [0.05, 0.1) is 11.2 Å². The van der Waals surface area contributed by atoms with Gasteiger partial charge in [0.25, 0.3) is 6.43 Å². The van der Waals surface area contributed by atoms with Crippen LogP contribution in [0.4, 0.5) is 13.2 Å². The van der Waals surface area contributed by atoms with Crippen LogP contribution in [0, 0.1) is 5.82 Å². The van der Waals surface area contributed by atoms with Gasteiger partial charge in [-0.1, -0.05) is 27.5 Å². The van der Waals surface area contributed by atoms with Crippen molar-refractivity contribution in [2.45, 2.75) is 11.8 Å². The minimum Gasteiger partial charge on any atom is -0.252 e. The maximum absolute atomic E-state index is 12.7. The standard InChI is InChI=1S/C7H4BrClF3N/c8-1-3-5(9)4(10)2-13-6(3)7(11)12/h2,7H,1H2. The van der Waals surface area contributed by atoms with E-state index in [1.54, 1.807) is 0 Å². The van der Waals surface area contributed by atoms with Crippen molar-refractivity contribution in [3.63, 3.8) is 0 Å². The Morgan fingerprint density at radius 3 is 2.62 bits per heavy atom. The molecule has 0 aromatic carbocycles. The topological polar surface area (TPSA) is 12.9 Å². The molecule has 72 valence electrons. The van der Waals surface area contributed by atoms with Gasteiger partial charge in [0.15, 0.2) is 5.82 Å². The fourth-order valence-corrected chi connectivity index (χ4v) is 1.77. The van der Waals surface area contributed by atoms with Gasteiger partial charge in [-0.25, -0.2) is 13.2 Å². The molecule has 0 saturated heterocycles. The van der Waals surface area contributed by atoms with Gasteiger partial charge < -0.3 is 0 Å². The molecule has 0 aliphatic rings. The fourth-order valence-electron chi connectivity index (χ4n) is 0.833. The Bertz CT molecular complexity index is 319. The fraction of sp³-hybridized carbons (Fsp3) is 0.286. The Labute approximate surface area is 86.0 Å². The highest BCUT2D eigenvalue weighted by Crippen LogP contribution is 2.29. The molecule has 0 radical (unpaired) electrons. The number of hydrogen-bond donors (Lipinski definition) is 0. The maximum Gasteiger partial charge on any atom is 0.280 e. The molecule has 0 amide bonds. The highest BCUT2D eigenvalue weighted by molar-refractivity contribution is 9.08. The van der Waals surface area contributed by atoms with Crippen molar-refractivity contribution in [3.8, 4) is 0 Å². The van der Waals surface area contributed by atoms with E-state index in [2.05, 4.69) is 20.9 Å². The Hall–Kier alpha value is -0.290. The van der Waals surface area contributed by atoms with Crippen molar-refractivity contribution in [3.05, 3.63) is 28.3 Å². The lowest BCUT2D eigenvalue weighted by molar-refractivity contribution is 0.145. The molecule has 13 heavy (non-hydrogen) atoms. The van der Waals surface area contributed by atoms with E-state index < -0.39 is 17.9 Å². The van der Waals surface area contributed by atoms with Crippen molar-refractivity contribution < 1.29 is 13.2 Å². The second-order valence-corrected chi connectivity index (χ2v) is 3.16. The van der Waals surface area contributed by atoms with Crippen molar-refractivity contribution in [2.24, 2.45) is 0 Å². The van der Waals surface area contributed by atoms with E-state index in [4.69, 9.17) is 11.6 Å². The summed E-state index contributed by atoms with van der Waals surface area (Å²) in [6.45, 7) is 0. The number of pyridine rings is 1. The molecule has 0 fully saturated rings. The van der Waals surface area contributed by atoms with Crippen molar-refractivity contribution in [1.29, 1.82) is 0 Å². The number of nitrogens with zero attached hydrogens (tertiary/aromatic N) is 1. The summed E-state index contributed by atoms with van der Waals surface area (Å²) >= 11 is 8.40. The van der Waals surface area contributed by atoms with E-state index in [0.29, 0.717) is 6.20 Å². The van der Waals surface area contributed by atoms with E-state index in [0.717, 1.165) is 0 Å². The number of halogens is 5. The van der Waals surface area contributed by atoms with Crippen LogP contribution in [0.2, 0.25) is 5.02 Å². The van der Waals surface area contributed by atoms with Crippen LogP contribution in [0.1, 0.15) is 17.7 Å². The maximum atomic E-state index is 12.7. The van der Waals surface area contributed by atoms with Crippen LogP contribution in [-0.4, -0.2) is 4.98 Å².